The van der Waals surface area contributed by atoms with E-state index >= 15 is 0 Å². The minimum atomic E-state index is -0.747. The number of rotatable bonds is 8. The van der Waals surface area contributed by atoms with Crippen molar-refractivity contribution in [2.75, 3.05) is 32.8 Å². The van der Waals surface area contributed by atoms with Crippen molar-refractivity contribution >= 4 is 12.0 Å². The van der Waals surface area contributed by atoms with Crippen LogP contribution in [-0.4, -0.2) is 54.9 Å². The van der Waals surface area contributed by atoms with Gasteiger partial charge in [0.25, 0.3) is 0 Å². The highest BCUT2D eigenvalue weighted by molar-refractivity contribution is 5.74. The lowest BCUT2D eigenvalue weighted by molar-refractivity contribution is -0.137. The Balaban J connectivity index is 2.21. The minimum Gasteiger partial charge on any atom is -0.481 e. The van der Waals surface area contributed by atoms with E-state index in [-0.39, 0.29) is 12.5 Å². The first-order chi connectivity index (χ1) is 9.63. The van der Waals surface area contributed by atoms with Gasteiger partial charge in [-0.2, -0.15) is 0 Å². The van der Waals surface area contributed by atoms with Crippen LogP contribution in [0.15, 0.2) is 0 Å². The maximum Gasteiger partial charge on any atom is 0.317 e. The van der Waals surface area contributed by atoms with Gasteiger partial charge in [0.05, 0.1) is 13.2 Å². The van der Waals surface area contributed by atoms with Crippen LogP contribution in [0.2, 0.25) is 0 Å². The Bertz CT molecular complexity index is 304. The molecule has 1 unspecified atom stereocenters. The smallest absolute Gasteiger partial charge is 0.317 e. The second-order valence-corrected chi connectivity index (χ2v) is 5.21. The number of urea groups is 1. The monoisotopic (exact) mass is 286 g/mol. The second kappa shape index (κ2) is 9.58. The van der Waals surface area contributed by atoms with Crippen LogP contribution in [0.1, 0.15) is 39.0 Å². The molecule has 1 aliphatic heterocycles. The molecule has 0 saturated carbocycles. The Hall–Kier alpha value is -1.30. The fraction of sp³-hybridized carbons (Fsp3) is 0.857. The Morgan fingerprint density at radius 3 is 2.55 bits per heavy atom. The minimum absolute atomic E-state index is 0.0400. The van der Waals surface area contributed by atoms with E-state index < -0.39 is 5.97 Å². The van der Waals surface area contributed by atoms with Crippen LogP contribution in [0, 0.1) is 5.92 Å². The number of morpholine rings is 1. The van der Waals surface area contributed by atoms with Crippen LogP contribution >= 0.6 is 0 Å². The van der Waals surface area contributed by atoms with Crippen molar-refractivity contribution in [2.45, 2.75) is 39.0 Å². The number of hydrogen-bond donors (Lipinski definition) is 2. The number of nitrogens with one attached hydrogen (secondary N) is 1. The third kappa shape index (κ3) is 6.75. The summed E-state index contributed by atoms with van der Waals surface area (Å²) in [6.45, 7) is 5.20. The zero-order valence-corrected chi connectivity index (χ0v) is 12.3. The molecule has 0 aromatic carbocycles. The number of nitrogens with zero attached hydrogens (tertiary/aromatic N) is 1. The van der Waals surface area contributed by atoms with Crippen molar-refractivity contribution in [3.63, 3.8) is 0 Å². The summed E-state index contributed by atoms with van der Waals surface area (Å²) < 4.78 is 5.20. The van der Waals surface area contributed by atoms with Crippen LogP contribution in [-0.2, 0) is 9.53 Å². The molecule has 1 atom stereocenters. The van der Waals surface area contributed by atoms with Gasteiger partial charge in [0.2, 0.25) is 0 Å². The van der Waals surface area contributed by atoms with Gasteiger partial charge in [0, 0.05) is 26.1 Å². The van der Waals surface area contributed by atoms with Gasteiger partial charge < -0.3 is 20.1 Å². The second-order valence-electron chi connectivity index (χ2n) is 5.21. The van der Waals surface area contributed by atoms with Crippen LogP contribution < -0.4 is 5.32 Å². The molecule has 0 aromatic heterocycles. The number of carboxylic acids is 1. The van der Waals surface area contributed by atoms with E-state index in [1.165, 1.54) is 0 Å². The quantitative estimate of drug-likeness (QED) is 0.712. The lowest BCUT2D eigenvalue weighted by atomic mass is 9.94. The number of ether oxygens (including phenoxy) is 1. The Morgan fingerprint density at radius 1 is 1.25 bits per heavy atom. The van der Waals surface area contributed by atoms with E-state index in [2.05, 4.69) is 12.2 Å². The van der Waals surface area contributed by atoms with E-state index in [1.54, 1.807) is 4.90 Å². The molecule has 1 fully saturated rings. The molecule has 0 spiro atoms. The zero-order valence-electron chi connectivity index (χ0n) is 12.3. The fourth-order valence-electron chi connectivity index (χ4n) is 2.43. The largest absolute Gasteiger partial charge is 0.481 e. The summed E-state index contributed by atoms with van der Waals surface area (Å²) in [4.78, 5) is 24.2. The topological polar surface area (TPSA) is 78.9 Å². The van der Waals surface area contributed by atoms with Crippen LogP contribution in [0.5, 0.6) is 0 Å². The molecule has 6 heteroatoms. The molecule has 2 N–H and O–H groups in total. The van der Waals surface area contributed by atoms with Crippen LogP contribution in [0.3, 0.4) is 0 Å². The predicted molar refractivity (Wildman–Crippen MR) is 75.7 cm³/mol. The average molecular weight is 286 g/mol. The molecule has 0 bridgehead atoms. The van der Waals surface area contributed by atoms with E-state index in [0.29, 0.717) is 45.2 Å². The van der Waals surface area contributed by atoms with E-state index in [4.69, 9.17) is 9.84 Å². The first-order valence-corrected chi connectivity index (χ1v) is 7.45. The summed E-state index contributed by atoms with van der Waals surface area (Å²) in [5, 5.41) is 11.6. The number of carbonyl (C=O) groups excluding carboxylic acids is 1. The molecule has 0 aromatic rings. The van der Waals surface area contributed by atoms with Crippen molar-refractivity contribution in [1.82, 2.24) is 10.2 Å². The number of hydrogen-bond acceptors (Lipinski definition) is 3. The molecule has 1 aliphatic rings. The first kappa shape index (κ1) is 16.8. The zero-order chi connectivity index (χ0) is 14.8. The Morgan fingerprint density at radius 2 is 1.95 bits per heavy atom. The molecule has 0 radical (unpaired) electrons. The normalized spacial score (nSPS) is 16.8. The van der Waals surface area contributed by atoms with Crippen molar-refractivity contribution in [2.24, 2.45) is 5.92 Å². The van der Waals surface area contributed by atoms with Gasteiger partial charge in [-0.3, -0.25) is 4.79 Å². The highest BCUT2D eigenvalue weighted by Crippen LogP contribution is 2.17. The lowest BCUT2D eigenvalue weighted by Crippen LogP contribution is -2.46. The molecule has 2 amide bonds. The predicted octanol–water partition coefficient (Wildman–Crippen LogP) is 1.70. The van der Waals surface area contributed by atoms with Gasteiger partial charge in [-0.25, -0.2) is 4.79 Å². The molecule has 0 aliphatic carbocycles. The lowest BCUT2D eigenvalue weighted by Gasteiger charge is -2.27. The maximum absolute atomic E-state index is 11.9. The molecule has 1 heterocycles. The number of carboxylic acid groups (broad SMARTS) is 1. The standard InChI is InChI=1S/C14H26N2O4/c1-2-3-12(4-5-13(17)18)6-7-15-14(19)16-8-10-20-11-9-16/h12H,2-11H2,1H3,(H,15,19)(H,17,18). The van der Waals surface area contributed by atoms with Crippen LogP contribution in [0.4, 0.5) is 4.79 Å². The summed E-state index contributed by atoms with van der Waals surface area (Å²) in [5.41, 5.74) is 0. The van der Waals surface area contributed by atoms with Crippen molar-refractivity contribution < 1.29 is 19.4 Å². The maximum atomic E-state index is 11.9. The number of carbonyl (C=O) groups is 2. The fourth-order valence-corrected chi connectivity index (χ4v) is 2.43. The Kier molecular flexibility index (Phi) is 8.02. The molecule has 116 valence electrons. The van der Waals surface area contributed by atoms with E-state index in [9.17, 15) is 9.59 Å². The van der Waals surface area contributed by atoms with Gasteiger partial charge in [-0.1, -0.05) is 19.8 Å². The highest BCUT2D eigenvalue weighted by Gasteiger charge is 2.17. The van der Waals surface area contributed by atoms with Crippen LogP contribution in [0.25, 0.3) is 0 Å². The summed E-state index contributed by atoms with van der Waals surface area (Å²) >= 11 is 0. The SMILES string of the molecule is CCCC(CCNC(=O)N1CCOCC1)CCC(=O)O. The van der Waals surface area contributed by atoms with Gasteiger partial charge in [-0.15, -0.1) is 0 Å². The molecular formula is C14H26N2O4. The van der Waals surface area contributed by atoms with Crippen molar-refractivity contribution in [1.29, 1.82) is 0 Å². The van der Waals surface area contributed by atoms with Gasteiger partial charge in [-0.05, 0) is 18.8 Å². The average Bonchev–Trinajstić information content (AvgIpc) is 2.45. The molecule has 1 rings (SSSR count). The molecule has 1 saturated heterocycles. The van der Waals surface area contributed by atoms with E-state index in [1.807, 2.05) is 0 Å². The third-order valence-corrected chi connectivity index (χ3v) is 3.59. The summed E-state index contributed by atoms with van der Waals surface area (Å²) in [7, 11) is 0. The first-order valence-electron chi connectivity index (χ1n) is 7.45. The van der Waals surface area contributed by atoms with Crippen molar-refractivity contribution in [3.05, 3.63) is 0 Å². The highest BCUT2D eigenvalue weighted by atomic mass is 16.5. The Labute approximate surface area is 120 Å². The van der Waals surface area contributed by atoms with Gasteiger partial charge in [0.15, 0.2) is 0 Å². The van der Waals surface area contributed by atoms with Crippen molar-refractivity contribution in [3.8, 4) is 0 Å². The molecule has 20 heavy (non-hydrogen) atoms. The summed E-state index contributed by atoms with van der Waals surface area (Å²) in [5.74, 6) is -0.371. The molecule has 6 nitrogen and oxygen atoms in total. The third-order valence-electron chi connectivity index (χ3n) is 3.59. The summed E-state index contributed by atoms with van der Waals surface area (Å²) in [6.07, 6.45) is 3.80. The molecular weight excluding hydrogens is 260 g/mol. The number of aliphatic carboxylic acids is 1. The van der Waals surface area contributed by atoms with Gasteiger partial charge in [0.1, 0.15) is 0 Å². The number of amides is 2. The van der Waals surface area contributed by atoms with E-state index in [0.717, 1.165) is 19.3 Å². The van der Waals surface area contributed by atoms with Gasteiger partial charge >= 0.3 is 12.0 Å². The summed E-state index contributed by atoms with van der Waals surface area (Å²) in [6, 6.07) is -0.0400.